The molecule has 0 aliphatic carbocycles. The molecule has 0 aromatic rings. The van der Waals surface area contributed by atoms with Gasteiger partial charge in [0.15, 0.2) is 0 Å². The van der Waals surface area contributed by atoms with Crippen molar-refractivity contribution in [3.63, 3.8) is 0 Å². The van der Waals surface area contributed by atoms with E-state index in [1.807, 2.05) is 10.9 Å². The van der Waals surface area contributed by atoms with E-state index in [1.165, 1.54) is 0 Å². The van der Waals surface area contributed by atoms with Crippen molar-refractivity contribution in [2.24, 2.45) is 11.6 Å². The van der Waals surface area contributed by atoms with Crippen molar-refractivity contribution < 1.29 is 88.2 Å². The summed E-state index contributed by atoms with van der Waals surface area (Å²) in [6.45, 7) is 0. The van der Waals surface area contributed by atoms with Gasteiger partial charge in [-0.05, 0) is 38.5 Å². The van der Waals surface area contributed by atoms with Crippen LogP contribution < -0.4 is 65.7 Å². The molecule has 0 radical (unpaired) electrons. The highest BCUT2D eigenvalue weighted by Gasteiger charge is 2.27. The lowest BCUT2D eigenvalue weighted by Gasteiger charge is -2.19. The van der Waals surface area contributed by atoms with Crippen LogP contribution in [0.15, 0.2) is 0 Å². The van der Waals surface area contributed by atoms with Gasteiger partial charge in [0.05, 0.1) is 0 Å². The van der Waals surface area contributed by atoms with Crippen molar-refractivity contribution in [1.82, 2.24) is 54.1 Å². The van der Waals surface area contributed by atoms with E-state index in [0.29, 0.717) is 0 Å². The first-order chi connectivity index (χ1) is 28.1. The Labute approximate surface area is 338 Å². The van der Waals surface area contributed by atoms with Crippen LogP contribution in [0, 0.1) is 0 Å². The number of primary amides is 1. The Hall–Kier alpha value is -6.60. The van der Waals surface area contributed by atoms with Gasteiger partial charge in [-0.1, -0.05) is 0 Å². The first-order valence-corrected chi connectivity index (χ1v) is 17.7. The van der Waals surface area contributed by atoms with E-state index in [1.54, 1.807) is 0 Å². The molecule has 0 rings (SSSR count). The van der Waals surface area contributed by atoms with Crippen molar-refractivity contribution in [2.75, 3.05) is 0 Å². The van der Waals surface area contributed by atoms with Gasteiger partial charge >= 0.3 is 35.8 Å². The normalized spacial score (nSPS) is 13.8. The molecule has 338 valence electrons. The molecule has 0 saturated heterocycles. The lowest BCUT2D eigenvalue weighted by Crippen LogP contribution is -2.54. The number of amides is 6. The molecule has 30 heteroatoms. The molecule has 0 aromatic heterocycles. The number of hydrazine groups is 5. The van der Waals surface area contributed by atoms with Gasteiger partial charge < -0.3 is 52.3 Å². The number of nitrogens with two attached hydrogens (primary N) is 2. The topological polar surface area (TPSA) is 499 Å². The molecule has 0 bridgehead atoms. The zero-order valence-corrected chi connectivity index (χ0v) is 31.7. The summed E-state index contributed by atoms with van der Waals surface area (Å²) in [6, 6.07) is -9.02. The number of hydrogen-bond acceptors (Lipinski definition) is 18. The Kier molecular flexibility index (Phi) is 25.6. The third-order valence-electron chi connectivity index (χ3n) is 7.87. The lowest BCUT2D eigenvalue weighted by molar-refractivity contribution is -0.144. The van der Waals surface area contributed by atoms with Crippen LogP contribution in [0.25, 0.3) is 0 Å². The number of aliphatic carboxylic acids is 6. The average Bonchev–Trinajstić information content (AvgIpc) is 3.15. The second-order valence-corrected chi connectivity index (χ2v) is 12.5. The van der Waals surface area contributed by atoms with Gasteiger partial charge in [-0.15, -0.1) is 0 Å². The molecule has 0 aliphatic heterocycles. The van der Waals surface area contributed by atoms with Crippen LogP contribution in [0.4, 0.5) is 0 Å². The minimum absolute atomic E-state index is 0.200. The fourth-order valence-electron chi connectivity index (χ4n) is 4.54. The van der Waals surface area contributed by atoms with Gasteiger partial charge in [0.2, 0.25) is 35.4 Å². The number of hydrogen-bond donors (Lipinski definition) is 18. The van der Waals surface area contributed by atoms with E-state index >= 15 is 0 Å². The maximum Gasteiger partial charge on any atom is 0.326 e. The molecule has 0 fully saturated rings. The van der Waals surface area contributed by atoms with E-state index in [2.05, 4.69) is 43.3 Å². The molecular formula is C30H50N12O18. The van der Waals surface area contributed by atoms with E-state index < -0.39 is 159 Å². The van der Waals surface area contributed by atoms with Crippen LogP contribution in [0.5, 0.6) is 0 Å². The third-order valence-corrected chi connectivity index (χ3v) is 7.87. The first kappa shape index (κ1) is 53.4. The van der Waals surface area contributed by atoms with Crippen LogP contribution in [-0.4, -0.2) is 138 Å². The summed E-state index contributed by atoms with van der Waals surface area (Å²) < 4.78 is 0. The van der Waals surface area contributed by atoms with Gasteiger partial charge in [0, 0.05) is 38.5 Å². The first-order valence-electron chi connectivity index (χ1n) is 17.7. The number of carbonyl (C=O) groups excluding carboxylic acids is 6. The van der Waals surface area contributed by atoms with E-state index in [4.69, 9.17) is 16.7 Å². The minimum atomic E-state index is -1.64. The van der Waals surface area contributed by atoms with Crippen molar-refractivity contribution in [1.29, 1.82) is 0 Å². The highest BCUT2D eigenvalue weighted by atomic mass is 16.4. The number of rotatable bonds is 34. The average molecular weight is 867 g/mol. The second kappa shape index (κ2) is 28.7. The highest BCUT2D eigenvalue weighted by molar-refractivity contribution is 5.87. The number of carboxylic acids is 6. The third kappa shape index (κ3) is 24.2. The van der Waals surface area contributed by atoms with Gasteiger partial charge in [0.1, 0.15) is 36.3 Å². The predicted molar refractivity (Wildman–Crippen MR) is 194 cm³/mol. The van der Waals surface area contributed by atoms with Gasteiger partial charge in [0.25, 0.3) is 0 Å². The second-order valence-electron chi connectivity index (χ2n) is 12.5. The largest absolute Gasteiger partial charge is 0.480 e. The zero-order chi connectivity index (χ0) is 45.9. The highest BCUT2D eigenvalue weighted by Crippen LogP contribution is 2.06. The van der Waals surface area contributed by atoms with Crippen LogP contribution >= 0.6 is 0 Å². The smallest absolute Gasteiger partial charge is 0.326 e. The fraction of sp³-hybridized carbons (Fsp3) is 0.600. The standard InChI is InChI=1S/C30H50N12O18/c31-19(43)7-1-13(25(49)50)33-20(44)8-2-14(26(51)52)34-21(45)9-5-17(29(57)58)37-41-39-23(47)11-3-15(27(53)54)35-22(46)10-6-18(30(59)60)38-42-40-24(48)12-4-16(36-32)28(55)56/h13-18,36-38,41-42H,1-12,32H2,(H2,31,43)(H,33,44)(H,34,45)(H,35,46)(H,39,47)(H,40,48)(H,49,50)(H,51,52)(H,53,54)(H,55,56)(H,57,58)(H,59,60). The molecule has 0 aliphatic rings. The summed E-state index contributed by atoms with van der Waals surface area (Å²) >= 11 is 0. The molecule has 6 unspecified atom stereocenters. The predicted octanol–water partition coefficient (Wildman–Crippen LogP) is -7.07. The SMILES string of the molecule is NNC(CCC(=O)NNNC(CCC(=O)NC(CCC(=O)NNNC(CCC(=O)NC(CCC(=O)NC(CCC(N)=O)C(=O)O)C(=O)O)C(=O)O)C(=O)O)C(=O)O)C(=O)O. The van der Waals surface area contributed by atoms with Crippen molar-refractivity contribution in [3.8, 4) is 0 Å². The Morgan fingerprint density at radius 1 is 0.367 bits per heavy atom. The van der Waals surface area contributed by atoms with Gasteiger partial charge in [-0.3, -0.25) is 59.8 Å². The summed E-state index contributed by atoms with van der Waals surface area (Å²) in [5.41, 5.74) is 19.6. The van der Waals surface area contributed by atoms with Crippen LogP contribution in [0.1, 0.15) is 77.0 Å². The summed E-state index contributed by atoms with van der Waals surface area (Å²) in [6.07, 6.45) is -5.29. The summed E-state index contributed by atoms with van der Waals surface area (Å²) in [5, 5.41) is 62.1. The fourth-order valence-corrected chi connectivity index (χ4v) is 4.54. The zero-order valence-electron chi connectivity index (χ0n) is 31.7. The Morgan fingerprint density at radius 3 is 0.883 bits per heavy atom. The monoisotopic (exact) mass is 866 g/mol. The van der Waals surface area contributed by atoms with E-state index in [9.17, 15) is 83.1 Å². The number of carbonyl (C=O) groups is 12. The molecule has 0 aromatic carbocycles. The molecular weight excluding hydrogens is 816 g/mol. The summed E-state index contributed by atoms with van der Waals surface area (Å²) in [4.78, 5) is 141. The quantitative estimate of drug-likeness (QED) is 0.0211. The van der Waals surface area contributed by atoms with Gasteiger partial charge in [-0.25, -0.2) is 30.7 Å². The lowest BCUT2D eigenvalue weighted by atomic mass is 10.1. The van der Waals surface area contributed by atoms with Crippen molar-refractivity contribution in [2.45, 2.75) is 113 Å². The maximum absolute atomic E-state index is 12.4. The number of nitrogens with one attached hydrogen (secondary N) is 10. The molecule has 20 N–H and O–H groups in total. The molecule has 6 atom stereocenters. The molecule has 30 nitrogen and oxygen atoms in total. The van der Waals surface area contributed by atoms with E-state index in [0.717, 1.165) is 0 Å². The maximum atomic E-state index is 12.4. The molecule has 6 amide bonds. The number of carboxylic acid groups (broad SMARTS) is 6. The molecule has 0 spiro atoms. The minimum Gasteiger partial charge on any atom is -0.480 e. The Balaban J connectivity index is 4.81. The van der Waals surface area contributed by atoms with Crippen LogP contribution in [0.2, 0.25) is 0 Å². The van der Waals surface area contributed by atoms with Gasteiger partial charge in [-0.2, -0.15) is 11.1 Å². The van der Waals surface area contributed by atoms with Crippen LogP contribution in [-0.2, 0) is 57.5 Å². The Bertz CT molecular complexity index is 1570. The van der Waals surface area contributed by atoms with Crippen molar-refractivity contribution in [3.05, 3.63) is 0 Å². The Morgan fingerprint density at radius 2 is 0.617 bits per heavy atom. The summed E-state index contributed by atoms with van der Waals surface area (Å²) in [7, 11) is 0. The molecule has 0 heterocycles. The van der Waals surface area contributed by atoms with Crippen molar-refractivity contribution >= 4 is 71.3 Å². The summed E-state index contributed by atoms with van der Waals surface area (Å²) in [5.74, 6) is -9.06. The van der Waals surface area contributed by atoms with Crippen LogP contribution in [0.3, 0.4) is 0 Å². The molecule has 0 saturated carbocycles. The van der Waals surface area contributed by atoms with E-state index in [-0.39, 0.29) is 25.7 Å². The molecule has 60 heavy (non-hydrogen) atoms.